The van der Waals surface area contributed by atoms with Gasteiger partial charge in [0.1, 0.15) is 15.8 Å². The van der Waals surface area contributed by atoms with Crippen LogP contribution in [0.15, 0.2) is 18.2 Å². The lowest BCUT2D eigenvalue weighted by atomic mass is 10.3. The monoisotopic (exact) mass is 408 g/mol. The Bertz CT molecular complexity index is 684. The zero-order chi connectivity index (χ0) is 15.0. The van der Waals surface area contributed by atoms with Gasteiger partial charge in [-0.1, -0.05) is 81.2 Å². The first-order valence-corrected chi connectivity index (χ1v) is 7.61. The maximum atomic E-state index is 6.05. The van der Waals surface area contributed by atoms with Crippen LogP contribution in [0.2, 0.25) is 35.2 Å². The maximum Gasteiger partial charge on any atom is 0.166 e. The van der Waals surface area contributed by atoms with Gasteiger partial charge in [-0.25, -0.2) is 0 Å². The number of rotatable bonds is 2. The van der Waals surface area contributed by atoms with E-state index in [-0.39, 0.29) is 41.6 Å². The number of hydrogen-bond donors (Lipinski definition) is 0. The smallest absolute Gasteiger partial charge is 0.166 e. The molecule has 0 heterocycles. The summed E-state index contributed by atoms with van der Waals surface area (Å²) < 4.78 is 5.56. The van der Waals surface area contributed by atoms with Gasteiger partial charge in [0.15, 0.2) is 5.75 Å². The Morgan fingerprint density at radius 3 is 1.85 bits per heavy atom. The van der Waals surface area contributed by atoms with E-state index in [1.54, 1.807) is 0 Å². The van der Waals surface area contributed by atoms with E-state index >= 15 is 0 Å². The highest BCUT2D eigenvalue weighted by Crippen LogP contribution is 2.46. The predicted molar refractivity (Wildman–Crippen MR) is 88.0 cm³/mol. The van der Waals surface area contributed by atoms with Crippen LogP contribution < -0.4 is 4.74 Å². The van der Waals surface area contributed by atoms with Gasteiger partial charge in [-0.05, 0) is 12.1 Å². The van der Waals surface area contributed by atoms with Crippen LogP contribution in [0.25, 0.3) is 0 Å². The fourth-order valence-corrected chi connectivity index (χ4v) is 2.96. The lowest BCUT2D eigenvalue weighted by Gasteiger charge is -2.13. The molecule has 2 aromatic carbocycles. The van der Waals surface area contributed by atoms with Gasteiger partial charge in [0.2, 0.25) is 0 Å². The van der Waals surface area contributed by atoms with E-state index in [1.165, 1.54) is 18.2 Å². The molecule has 0 atom stereocenters. The largest absolute Gasteiger partial charge is 0.452 e. The van der Waals surface area contributed by atoms with Crippen LogP contribution in [0.3, 0.4) is 0 Å². The summed E-state index contributed by atoms with van der Waals surface area (Å²) in [4.78, 5) is 0. The van der Waals surface area contributed by atoms with Gasteiger partial charge in [-0.3, -0.25) is 0 Å². The van der Waals surface area contributed by atoms with Gasteiger partial charge in [-0.2, -0.15) is 0 Å². The third kappa shape index (κ3) is 3.36. The molecule has 2 rings (SSSR count). The van der Waals surface area contributed by atoms with E-state index in [4.69, 9.17) is 85.9 Å². The minimum atomic E-state index is 0.0660. The molecule has 0 unspecified atom stereocenters. The molecule has 0 spiro atoms. The second-order valence-corrected chi connectivity index (χ2v) is 6.39. The van der Waals surface area contributed by atoms with Crippen molar-refractivity contribution in [2.24, 2.45) is 0 Å². The van der Waals surface area contributed by atoms with E-state index < -0.39 is 0 Å². The summed E-state index contributed by atoms with van der Waals surface area (Å²) in [6.45, 7) is 0. The van der Waals surface area contributed by atoms with Crippen LogP contribution in [0.1, 0.15) is 0 Å². The van der Waals surface area contributed by atoms with Crippen molar-refractivity contribution in [3.8, 4) is 11.5 Å². The van der Waals surface area contributed by atoms with Crippen LogP contribution in [-0.4, -0.2) is 0 Å². The molecular formula is C12H3Cl7O. The third-order valence-electron chi connectivity index (χ3n) is 2.24. The molecule has 106 valence electrons. The van der Waals surface area contributed by atoms with Gasteiger partial charge >= 0.3 is 0 Å². The second kappa shape index (κ2) is 6.58. The van der Waals surface area contributed by atoms with Gasteiger partial charge in [-0.15, -0.1) is 0 Å². The summed E-state index contributed by atoms with van der Waals surface area (Å²) in [6.07, 6.45) is 0. The van der Waals surface area contributed by atoms with Gasteiger partial charge in [0.25, 0.3) is 0 Å². The summed E-state index contributed by atoms with van der Waals surface area (Å²) in [5, 5.41) is 1.34. The van der Waals surface area contributed by atoms with E-state index in [2.05, 4.69) is 0 Å². The average molecular weight is 411 g/mol. The van der Waals surface area contributed by atoms with E-state index in [0.29, 0.717) is 5.02 Å². The Hall–Kier alpha value is 0.270. The molecule has 0 saturated carbocycles. The number of hydrogen-bond acceptors (Lipinski definition) is 1. The van der Waals surface area contributed by atoms with Crippen molar-refractivity contribution >= 4 is 81.2 Å². The Kier molecular flexibility index (Phi) is 5.47. The predicted octanol–water partition coefficient (Wildman–Crippen LogP) is 8.05. The molecule has 0 aliphatic heterocycles. The Morgan fingerprint density at radius 1 is 0.600 bits per heavy atom. The van der Waals surface area contributed by atoms with Crippen molar-refractivity contribution in [3.05, 3.63) is 53.4 Å². The Labute approximate surface area is 150 Å². The highest BCUT2D eigenvalue weighted by molar-refractivity contribution is 6.50. The zero-order valence-electron chi connectivity index (χ0n) is 9.29. The van der Waals surface area contributed by atoms with Crippen molar-refractivity contribution < 1.29 is 4.74 Å². The first-order chi connectivity index (χ1) is 9.31. The van der Waals surface area contributed by atoms with Crippen LogP contribution in [0.4, 0.5) is 0 Å². The van der Waals surface area contributed by atoms with Crippen molar-refractivity contribution in [3.63, 3.8) is 0 Å². The average Bonchev–Trinajstić information content (AvgIpc) is 2.37. The number of benzene rings is 2. The van der Waals surface area contributed by atoms with Gasteiger partial charge in [0, 0.05) is 11.1 Å². The molecule has 0 aromatic heterocycles. The molecule has 0 aliphatic rings. The standard InChI is InChI=1S/C12H3Cl7O/c13-4-1-5(14)9(17)8(2-4)20-12-7(16)3-6(15)10(18)11(12)19/h1-3H. The SMILES string of the molecule is Clc1cc(Cl)c(Cl)c(Oc2c(Cl)cc(Cl)c(Cl)c2Cl)c1. The topological polar surface area (TPSA) is 9.23 Å². The first-order valence-electron chi connectivity index (χ1n) is 4.96. The van der Waals surface area contributed by atoms with E-state index in [9.17, 15) is 0 Å². The Balaban J connectivity index is 2.54. The fraction of sp³-hybridized carbons (Fsp3) is 0. The molecule has 20 heavy (non-hydrogen) atoms. The summed E-state index contributed by atoms with van der Waals surface area (Å²) in [5.74, 6) is 0.314. The quantitative estimate of drug-likeness (QED) is 0.359. The first kappa shape index (κ1) is 16.6. The molecule has 0 fully saturated rings. The van der Waals surface area contributed by atoms with E-state index in [1.807, 2.05) is 0 Å². The molecule has 0 N–H and O–H groups in total. The van der Waals surface area contributed by atoms with Crippen LogP contribution in [0, 0.1) is 0 Å². The van der Waals surface area contributed by atoms with Crippen molar-refractivity contribution in [1.29, 1.82) is 0 Å². The molecule has 2 aromatic rings. The van der Waals surface area contributed by atoms with Crippen LogP contribution in [0.5, 0.6) is 11.5 Å². The van der Waals surface area contributed by atoms with E-state index in [0.717, 1.165) is 0 Å². The highest BCUT2D eigenvalue weighted by Gasteiger charge is 2.18. The van der Waals surface area contributed by atoms with Gasteiger partial charge < -0.3 is 4.74 Å². The van der Waals surface area contributed by atoms with Gasteiger partial charge in [0.05, 0.1) is 20.1 Å². The van der Waals surface area contributed by atoms with Crippen molar-refractivity contribution in [2.75, 3.05) is 0 Å². The Morgan fingerprint density at radius 2 is 1.20 bits per heavy atom. The summed E-state index contributed by atoms with van der Waals surface area (Å²) in [6, 6.07) is 4.37. The molecule has 0 saturated heterocycles. The zero-order valence-corrected chi connectivity index (χ0v) is 14.6. The van der Waals surface area contributed by atoms with Crippen molar-refractivity contribution in [2.45, 2.75) is 0 Å². The van der Waals surface area contributed by atoms with Crippen LogP contribution in [-0.2, 0) is 0 Å². The second-order valence-electron chi connectivity index (χ2n) is 3.60. The molecule has 0 aliphatic carbocycles. The van der Waals surface area contributed by atoms with Crippen molar-refractivity contribution in [1.82, 2.24) is 0 Å². The lowest BCUT2D eigenvalue weighted by molar-refractivity contribution is 0.483. The molecule has 8 heteroatoms. The van der Waals surface area contributed by atoms with Crippen LogP contribution >= 0.6 is 81.2 Å². The number of halogens is 7. The molecule has 0 radical (unpaired) electrons. The summed E-state index contributed by atoms with van der Waals surface area (Å²) in [5.41, 5.74) is 0. The molecule has 0 amide bonds. The third-order valence-corrected chi connectivity index (χ3v) is 4.77. The molecule has 1 nitrogen and oxygen atoms in total. The molecule has 0 bridgehead atoms. The lowest BCUT2D eigenvalue weighted by Crippen LogP contribution is -1.90. The normalized spacial score (nSPS) is 10.8. The fourth-order valence-electron chi connectivity index (χ4n) is 1.36. The summed E-state index contributed by atoms with van der Waals surface area (Å²) >= 11 is 41.7. The number of ether oxygens (including phenoxy) is 1. The minimum Gasteiger partial charge on any atom is -0.452 e. The molecular weight excluding hydrogens is 408 g/mol. The highest BCUT2D eigenvalue weighted by atomic mass is 35.5. The summed E-state index contributed by atoms with van der Waals surface area (Å²) in [7, 11) is 0. The minimum absolute atomic E-state index is 0.0660. The maximum absolute atomic E-state index is 6.05.